The molecule has 0 aliphatic heterocycles. The van der Waals surface area contributed by atoms with Crippen LogP contribution in [0.2, 0.25) is 0 Å². The number of nitroso groups, excluding NO2 is 1. The van der Waals surface area contributed by atoms with Gasteiger partial charge in [0.1, 0.15) is 24.1 Å². The Morgan fingerprint density at radius 2 is 1.54 bits per heavy atom. The van der Waals surface area contributed by atoms with Gasteiger partial charge in [-0.05, 0) is 35.2 Å². The summed E-state index contributed by atoms with van der Waals surface area (Å²) in [7, 11) is 0.395. The molecule has 0 aliphatic carbocycles. The minimum atomic E-state index is -0.411. The van der Waals surface area contributed by atoms with E-state index in [9.17, 15) is 10.0 Å². The predicted octanol–water partition coefficient (Wildman–Crippen LogP) is 4.58. The van der Waals surface area contributed by atoms with Crippen molar-refractivity contribution in [3.8, 4) is 22.6 Å². The first-order chi connectivity index (χ1) is 12.8. The summed E-state index contributed by atoms with van der Waals surface area (Å²) in [6.07, 6.45) is 0.612. The van der Waals surface area contributed by atoms with Crippen molar-refractivity contribution in [1.29, 1.82) is 0 Å². The molecule has 0 bridgehead atoms. The van der Waals surface area contributed by atoms with Crippen molar-refractivity contribution in [3.63, 3.8) is 0 Å². The van der Waals surface area contributed by atoms with E-state index in [1.807, 2.05) is 66.7 Å². The highest BCUT2D eigenvalue weighted by atomic mass is 31.1. The van der Waals surface area contributed by atoms with E-state index in [-0.39, 0.29) is 12.4 Å². The molecule has 1 N–H and O–H groups in total. The van der Waals surface area contributed by atoms with Crippen LogP contribution in [0.3, 0.4) is 0 Å². The maximum atomic E-state index is 11.2. The molecular formula is C21H20NO3P. The average molecular weight is 365 g/mol. The van der Waals surface area contributed by atoms with Crippen molar-refractivity contribution < 1.29 is 9.84 Å². The molecule has 0 saturated carbocycles. The van der Waals surface area contributed by atoms with Crippen molar-refractivity contribution in [1.82, 2.24) is 0 Å². The zero-order valence-electron chi connectivity index (χ0n) is 14.2. The lowest BCUT2D eigenvalue weighted by molar-refractivity contribution is 0.298. The first-order valence-electron chi connectivity index (χ1n) is 8.39. The molecule has 0 radical (unpaired) electrons. The summed E-state index contributed by atoms with van der Waals surface area (Å²) in [6, 6.07) is 24.2. The summed E-state index contributed by atoms with van der Waals surface area (Å²) in [5.74, 6) is 0.987. The van der Waals surface area contributed by atoms with Crippen LogP contribution in [0.25, 0.3) is 11.1 Å². The molecule has 132 valence electrons. The molecule has 0 aromatic heterocycles. The molecular weight excluding hydrogens is 345 g/mol. The highest BCUT2D eigenvalue weighted by molar-refractivity contribution is 7.47. The predicted molar refractivity (Wildman–Crippen MR) is 108 cm³/mol. The second-order valence-corrected chi connectivity index (χ2v) is 7.13. The van der Waals surface area contributed by atoms with E-state index in [0.29, 0.717) is 14.7 Å². The molecule has 0 saturated heterocycles. The molecule has 0 heterocycles. The fourth-order valence-corrected chi connectivity index (χ4v) is 3.91. The fourth-order valence-electron chi connectivity index (χ4n) is 2.64. The average Bonchev–Trinajstić information content (AvgIpc) is 2.70. The van der Waals surface area contributed by atoms with Crippen LogP contribution in [0.1, 0.15) is 0 Å². The number of phenolic OH excluding ortho intramolecular Hbond substituents is 1. The lowest BCUT2D eigenvalue weighted by Gasteiger charge is -2.14. The van der Waals surface area contributed by atoms with Crippen molar-refractivity contribution in [2.24, 2.45) is 5.18 Å². The Bertz CT molecular complexity index is 855. The van der Waals surface area contributed by atoms with Crippen LogP contribution in [-0.4, -0.2) is 23.9 Å². The highest BCUT2D eigenvalue weighted by Gasteiger charge is 2.13. The Morgan fingerprint density at radius 1 is 0.885 bits per heavy atom. The van der Waals surface area contributed by atoms with Crippen LogP contribution in [-0.2, 0) is 0 Å². The van der Waals surface area contributed by atoms with Crippen molar-refractivity contribution in [2.75, 3.05) is 12.8 Å². The third-order valence-electron chi connectivity index (χ3n) is 3.98. The molecule has 5 heteroatoms. The van der Waals surface area contributed by atoms with E-state index in [4.69, 9.17) is 4.74 Å². The van der Waals surface area contributed by atoms with E-state index < -0.39 is 6.04 Å². The molecule has 3 aromatic rings. The third-order valence-corrected chi connectivity index (χ3v) is 5.48. The SMILES string of the molecule is O=NC(COc1ccccc1)CPc1ccccc1-c1ccccc1O. The Labute approximate surface area is 154 Å². The summed E-state index contributed by atoms with van der Waals surface area (Å²) in [6.45, 7) is 0.263. The molecule has 4 nitrogen and oxygen atoms in total. The molecule has 0 fully saturated rings. The van der Waals surface area contributed by atoms with E-state index in [2.05, 4.69) is 5.18 Å². The van der Waals surface area contributed by atoms with Gasteiger partial charge in [-0.25, -0.2) is 0 Å². The number of aromatic hydroxyl groups is 1. The largest absolute Gasteiger partial charge is 0.507 e. The van der Waals surface area contributed by atoms with E-state index in [1.54, 1.807) is 12.1 Å². The minimum absolute atomic E-state index is 0.252. The molecule has 2 unspecified atom stereocenters. The van der Waals surface area contributed by atoms with Crippen LogP contribution in [0.4, 0.5) is 0 Å². The molecule has 0 amide bonds. The van der Waals surface area contributed by atoms with E-state index in [1.165, 1.54) is 0 Å². The van der Waals surface area contributed by atoms with E-state index >= 15 is 0 Å². The van der Waals surface area contributed by atoms with Gasteiger partial charge in [-0.2, -0.15) is 4.91 Å². The molecule has 26 heavy (non-hydrogen) atoms. The Kier molecular flexibility index (Phi) is 6.34. The Morgan fingerprint density at radius 3 is 2.27 bits per heavy atom. The quantitative estimate of drug-likeness (QED) is 0.470. The topological polar surface area (TPSA) is 58.9 Å². The number of ether oxygens (including phenoxy) is 1. The van der Waals surface area contributed by atoms with Crippen LogP contribution >= 0.6 is 8.58 Å². The number of hydrogen-bond donors (Lipinski definition) is 1. The zero-order chi connectivity index (χ0) is 18.2. The number of rotatable bonds is 8. The second kappa shape index (κ2) is 9.12. The Balaban J connectivity index is 1.67. The van der Waals surface area contributed by atoms with Gasteiger partial charge >= 0.3 is 0 Å². The first-order valence-corrected chi connectivity index (χ1v) is 9.60. The monoisotopic (exact) mass is 365 g/mol. The van der Waals surface area contributed by atoms with E-state index in [0.717, 1.165) is 22.2 Å². The molecule has 0 spiro atoms. The molecule has 0 aliphatic rings. The summed E-state index contributed by atoms with van der Waals surface area (Å²) in [4.78, 5) is 11.2. The molecule has 3 aromatic carbocycles. The lowest BCUT2D eigenvalue weighted by Crippen LogP contribution is -2.19. The van der Waals surface area contributed by atoms with Gasteiger partial charge in [0, 0.05) is 5.56 Å². The summed E-state index contributed by atoms with van der Waals surface area (Å²) >= 11 is 0. The van der Waals surface area contributed by atoms with Gasteiger partial charge in [0.15, 0.2) is 0 Å². The number of benzene rings is 3. The van der Waals surface area contributed by atoms with Gasteiger partial charge < -0.3 is 9.84 Å². The zero-order valence-corrected chi connectivity index (χ0v) is 15.2. The highest BCUT2D eigenvalue weighted by Crippen LogP contribution is 2.30. The number of hydrogen-bond acceptors (Lipinski definition) is 4. The van der Waals surface area contributed by atoms with Crippen molar-refractivity contribution >= 4 is 13.9 Å². The number of phenols is 1. The van der Waals surface area contributed by atoms with Crippen LogP contribution in [0, 0.1) is 4.91 Å². The van der Waals surface area contributed by atoms with Gasteiger partial charge in [-0.15, -0.1) is 0 Å². The maximum absolute atomic E-state index is 11.2. The minimum Gasteiger partial charge on any atom is -0.507 e. The van der Waals surface area contributed by atoms with Crippen LogP contribution in [0.15, 0.2) is 84.0 Å². The smallest absolute Gasteiger partial charge is 0.130 e. The second-order valence-electron chi connectivity index (χ2n) is 5.83. The fraction of sp³-hybridized carbons (Fsp3) is 0.143. The van der Waals surface area contributed by atoms with Gasteiger partial charge in [0.05, 0.1) is 0 Å². The van der Waals surface area contributed by atoms with Crippen LogP contribution in [0.5, 0.6) is 11.5 Å². The molecule has 3 rings (SSSR count). The van der Waals surface area contributed by atoms with Gasteiger partial charge in [0.25, 0.3) is 0 Å². The summed E-state index contributed by atoms with van der Waals surface area (Å²) in [5, 5.41) is 14.5. The third kappa shape index (κ3) is 4.68. The summed E-state index contributed by atoms with van der Waals surface area (Å²) in [5.41, 5.74) is 1.78. The normalized spacial score (nSPS) is 12.2. The van der Waals surface area contributed by atoms with Crippen molar-refractivity contribution in [3.05, 3.63) is 83.8 Å². The van der Waals surface area contributed by atoms with Crippen LogP contribution < -0.4 is 10.0 Å². The van der Waals surface area contributed by atoms with Crippen molar-refractivity contribution in [2.45, 2.75) is 6.04 Å². The number of nitrogens with zero attached hydrogens (tertiary/aromatic N) is 1. The standard InChI is InChI=1S/C21H20NO3P/c23-20-12-6-4-10-18(20)19-11-5-7-13-21(19)26-15-16(22-24)14-25-17-8-2-1-3-9-17/h1-13,16,23,26H,14-15H2. The van der Waals surface area contributed by atoms with Gasteiger partial charge in [-0.1, -0.05) is 74.4 Å². The van der Waals surface area contributed by atoms with Gasteiger partial charge in [0.2, 0.25) is 0 Å². The number of para-hydroxylation sites is 2. The van der Waals surface area contributed by atoms with Gasteiger partial charge in [-0.3, -0.25) is 0 Å². The molecule has 2 atom stereocenters. The summed E-state index contributed by atoms with van der Waals surface area (Å²) < 4.78 is 5.65. The lowest BCUT2D eigenvalue weighted by atomic mass is 10.0. The first kappa shape index (κ1) is 18.1. The Hall–Kier alpha value is -2.71. The maximum Gasteiger partial charge on any atom is 0.130 e.